The molecule has 0 saturated carbocycles. The number of hydrogen-bond acceptors (Lipinski definition) is 3. The minimum absolute atomic E-state index is 0.0511. The van der Waals surface area contributed by atoms with E-state index in [1.807, 2.05) is 13.0 Å². The van der Waals surface area contributed by atoms with Crippen LogP contribution in [0.1, 0.15) is 30.4 Å². The second-order valence-corrected chi connectivity index (χ2v) is 9.46. The average molecular weight is 421 g/mol. The molecule has 1 aliphatic heterocycles. The SMILES string of the molecule is Cc1ccc(S(=O)(=O)N(CC(=O)N2CCCCC2)Cc2ccccc2Cl)cc1. The summed E-state index contributed by atoms with van der Waals surface area (Å²) in [6.07, 6.45) is 3.02. The van der Waals surface area contributed by atoms with E-state index in [9.17, 15) is 13.2 Å². The lowest BCUT2D eigenvalue weighted by molar-refractivity contribution is -0.132. The van der Waals surface area contributed by atoms with Gasteiger partial charge in [0.05, 0.1) is 11.4 Å². The minimum atomic E-state index is -3.84. The number of benzene rings is 2. The van der Waals surface area contributed by atoms with Crippen molar-refractivity contribution in [2.45, 2.75) is 37.6 Å². The zero-order chi connectivity index (χ0) is 20.1. The van der Waals surface area contributed by atoms with Crippen LogP contribution in [0.3, 0.4) is 0 Å². The quantitative estimate of drug-likeness (QED) is 0.713. The van der Waals surface area contributed by atoms with Crippen molar-refractivity contribution in [2.24, 2.45) is 0 Å². The van der Waals surface area contributed by atoms with Gasteiger partial charge >= 0.3 is 0 Å². The lowest BCUT2D eigenvalue weighted by atomic mass is 10.1. The number of carbonyl (C=O) groups excluding carboxylic acids is 1. The summed E-state index contributed by atoms with van der Waals surface area (Å²) in [4.78, 5) is 14.7. The van der Waals surface area contributed by atoms with Crippen LogP contribution in [0.2, 0.25) is 5.02 Å². The van der Waals surface area contributed by atoms with Gasteiger partial charge in [-0.2, -0.15) is 4.31 Å². The number of piperidine rings is 1. The Bertz CT molecular complexity index is 923. The van der Waals surface area contributed by atoms with Crippen LogP contribution in [-0.4, -0.2) is 43.2 Å². The summed E-state index contributed by atoms with van der Waals surface area (Å²) in [5.74, 6) is -0.164. The smallest absolute Gasteiger partial charge is 0.243 e. The van der Waals surface area contributed by atoms with Gasteiger partial charge in [-0.3, -0.25) is 4.79 Å². The molecule has 1 amide bonds. The van der Waals surface area contributed by atoms with Gasteiger partial charge in [0.15, 0.2) is 0 Å². The van der Waals surface area contributed by atoms with Crippen LogP contribution in [0.5, 0.6) is 0 Å². The molecule has 0 spiro atoms. The Labute approximate surface area is 172 Å². The van der Waals surface area contributed by atoms with Gasteiger partial charge in [-0.05, 0) is 49.9 Å². The Hall–Kier alpha value is -1.89. The third-order valence-corrected chi connectivity index (χ3v) is 7.16. The number of likely N-dealkylation sites (tertiary alicyclic amines) is 1. The first-order chi connectivity index (χ1) is 13.4. The highest BCUT2D eigenvalue weighted by atomic mass is 35.5. The van der Waals surface area contributed by atoms with Crippen molar-refractivity contribution in [2.75, 3.05) is 19.6 Å². The molecule has 0 unspecified atom stereocenters. The number of hydrogen-bond donors (Lipinski definition) is 0. The molecule has 0 radical (unpaired) electrons. The largest absolute Gasteiger partial charge is 0.342 e. The van der Waals surface area contributed by atoms with Crippen LogP contribution in [0.4, 0.5) is 0 Å². The zero-order valence-corrected chi connectivity index (χ0v) is 17.5. The third kappa shape index (κ3) is 4.93. The maximum atomic E-state index is 13.3. The third-order valence-electron chi connectivity index (χ3n) is 4.98. The second kappa shape index (κ2) is 9.07. The van der Waals surface area contributed by atoms with Gasteiger partial charge in [0.1, 0.15) is 0 Å². The van der Waals surface area contributed by atoms with Crippen LogP contribution in [-0.2, 0) is 21.4 Å². The van der Waals surface area contributed by atoms with Crippen molar-refractivity contribution in [3.8, 4) is 0 Å². The van der Waals surface area contributed by atoms with Gasteiger partial charge in [0, 0.05) is 24.7 Å². The molecule has 2 aromatic rings. The van der Waals surface area contributed by atoms with E-state index in [0.717, 1.165) is 24.8 Å². The number of carbonyl (C=O) groups is 1. The summed E-state index contributed by atoms with van der Waals surface area (Å²) >= 11 is 6.25. The number of aryl methyl sites for hydroxylation is 1. The standard InChI is InChI=1S/C21H25ClN2O3S/c1-17-9-11-19(12-10-17)28(26,27)24(15-18-7-3-4-8-20(18)22)16-21(25)23-13-5-2-6-14-23/h3-4,7-12H,2,5-6,13-16H2,1H3. The second-order valence-electron chi connectivity index (χ2n) is 7.12. The minimum Gasteiger partial charge on any atom is -0.342 e. The lowest BCUT2D eigenvalue weighted by Crippen LogP contribution is -2.44. The molecule has 0 atom stereocenters. The van der Waals surface area contributed by atoms with E-state index in [0.29, 0.717) is 23.7 Å². The molecule has 0 bridgehead atoms. The Balaban J connectivity index is 1.90. The van der Waals surface area contributed by atoms with Crippen molar-refractivity contribution in [1.82, 2.24) is 9.21 Å². The molecule has 1 aliphatic rings. The molecule has 0 aliphatic carbocycles. The monoisotopic (exact) mass is 420 g/mol. The fourth-order valence-corrected chi connectivity index (χ4v) is 4.86. The van der Waals surface area contributed by atoms with E-state index in [1.165, 1.54) is 4.31 Å². The van der Waals surface area contributed by atoms with E-state index in [4.69, 9.17) is 11.6 Å². The first-order valence-corrected chi connectivity index (χ1v) is 11.3. The molecule has 1 fully saturated rings. The molecule has 0 N–H and O–H groups in total. The van der Waals surface area contributed by atoms with Crippen LogP contribution < -0.4 is 0 Å². The van der Waals surface area contributed by atoms with E-state index in [1.54, 1.807) is 47.4 Å². The predicted octanol–water partition coefficient (Wildman–Crippen LogP) is 3.85. The van der Waals surface area contributed by atoms with Crippen molar-refractivity contribution in [3.63, 3.8) is 0 Å². The number of nitrogens with zero attached hydrogens (tertiary/aromatic N) is 2. The average Bonchev–Trinajstić information content (AvgIpc) is 2.70. The predicted molar refractivity (Wildman–Crippen MR) is 111 cm³/mol. The molecule has 3 rings (SSSR count). The first-order valence-electron chi connectivity index (χ1n) is 9.46. The number of halogens is 1. The maximum Gasteiger partial charge on any atom is 0.243 e. The van der Waals surface area contributed by atoms with E-state index < -0.39 is 10.0 Å². The van der Waals surface area contributed by atoms with Crippen molar-refractivity contribution in [3.05, 3.63) is 64.7 Å². The molecule has 1 heterocycles. The Morgan fingerprint density at radius 3 is 2.32 bits per heavy atom. The fraction of sp³-hybridized carbons (Fsp3) is 0.381. The van der Waals surface area contributed by atoms with Gasteiger partial charge in [-0.15, -0.1) is 0 Å². The number of rotatable bonds is 6. The van der Waals surface area contributed by atoms with Gasteiger partial charge in [0.25, 0.3) is 0 Å². The van der Waals surface area contributed by atoms with Crippen molar-refractivity contribution >= 4 is 27.5 Å². The molecular weight excluding hydrogens is 396 g/mol. The Kier molecular flexibility index (Phi) is 6.75. The topological polar surface area (TPSA) is 57.7 Å². The van der Waals surface area contributed by atoms with E-state index >= 15 is 0 Å². The van der Waals surface area contributed by atoms with Crippen LogP contribution in [0.25, 0.3) is 0 Å². The fourth-order valence-electron chi connectivity index (χ4n) is 3.30. The summed E-state index contributed by atoms with van der Waals surface area (Å²) in [7, 11) is -3.84. The van der Waals surface area contributed by atoms with Gasteiger partial charge in [-0.25, -0.2) is 8.42 Å². The number of sulfonamides is 1. The Morgan fingerprint density at radius 1 is 1.04 bits per heavy atom. The molecule has 7 heteroatoms. The molecule has 28 heavy (non-hydrogen) atoms. The number of amides is 1. The van der Waals surface area contributed by atoms with Gasteiger partial charge in [-0.1, -0.05) is 47.5 Å². The van der Waals surface area contributed by atoms with Crippen LogP contribution in [0, 0.1) is 6.92 Å². The summed E-state index contributed by atoms with van der Waals surface area (Å²) < 4.78 is 27.8. The molecule has 150 valence electrons. The van der Waals surface area contributed by atoms with Gasteiger partial charge in [0.2, 0.25) is 15.9 Å². The molecular formula is C21H25ClN2O3S. The summed E-state index contributed by atoms with van der Waals surface area (Å²) in [5, 5.41) is 0.483. The zero-order valence-electron chi connectivity index (χ0n) is 16.0. The Morgan fingerprint density at radius 2 is 1.68 bits per heavy atom. The summed E-state index contributed by atoms with van der Waals surface area (Å²) in [5.41, 5.74) is 1.65. The van der Waals surface area contributed by atoms with Crippen molar-refractivity contribution < 1.29 is 13.2 Å². The maximum absolute atomic E-state index is 13.3. The normalized spacial score (nSPS) is 15.0. The van der Waals surface area contributed by atoms with Gasteiger partial charge < -0.3 is 4.90 Å². The first kappa shape index (κ1) is 20.8. The highest BCUT2D eigenvalue weighted by Crippen LogP contribution is 2.23. The van der Waals surface area contributed by atoms with Crippen LogP contribution >= 0.6 is 11.6 Å². The molecule has 0 aromatic heterocycles. The van der Waals surface area contributed by atoms with Crippen LogP contribution in [0.15, 0.2) is 53.4 Å². The summed E-state index contributed by atoms with van der Waals surface area (Å²) in [6, 6.07) is 13.8. The highest BCUT2D eigenvalue weighted by molar-refractivity contribution is 7.89. The molecule has 2 aromatic carbocycles. The van der Waals surface area contributed by atoms with E-state index in [2.05, 4.69) is 0 Å². The molecule has 5 nitrogen and oxygen atoms in total. The van der Waals surface area contributed by atoms with E-state index in [-0.39, 0.29) is 23.9 Å². The molecule has 1 saturated heterocycles. The summed E-state index contributed by atoms with van der Waals surface area (Å²) in [6.45, 7) is 3.13. The highest BCUT2D eigenvalue weighted by Gasteiger charge is 2.29. The lowest BCUT2D eigenvalue weighted by Gasteiger charge is -2.30. The van der Waals surface area contributed by atoms with Crippen molar-refractivity contribution in [1.29, 1.82) is 0 Å².